The molecule has 0 aliphatic heterocycles. The minimum absolute atomic E-state index is 0.0803. The Hall–Kier alpha value is -0.240. The van der Waals surface area contributed by atoms with Gasteiger partial charge in [-0.25, -0.2) is 0 Å². The van der Waals surface area contributed by atoms with E-state index in [1.54, 1.807) is 0 Å². The van der Waals surface area contributed by atoms with Gasteiger partial charge in [-0.1, -0.05) is 0 Å². The molecule has 0 bridgehead atoms. The van der Waals surface area contributed by atoms with Gasteiger partial charge in [-0.2, -0.15) is 0 Å². The lowest BCUT2D eigenvalue weighted by Gasteiger charge is -2.17. The van der Waals surface area contributed by atoms with Gasteiger partial charge in [-0.15, -0.1) is 0 Å². The van der Waals surface area contributed by atoms with Crippen molar-refractivity contribution in [3.05, 3.63) is 0 Å². The zero-order valence-electron chi connectivity index (χ0n) is 6.64. The third-order valence-corrected chi connectivity index (χ3v) is 1.31. The molecule has 6 nitrogen and oxygen atoms in total. The van der Waals surface area contributed by atoms with Crippen LogP contribution in [0.4, 0.5) is 0 Å². The number of nitrogens with two attached hydrogens (primary N) is 1. The zero-order chi connectivity index (χ0) is 9.83. The molecule has 0 unspecified atom stereocenters. The molecule has 0 spiro atoms. The van der Waals surface area contributed by atoms with E-state index in [0.29, 0.717) is 0 Å². The van der Waals surface area contributed by atoms with Crippen molar-refractivity contribution in [2.24, 2.45) is 5.73 Å². The molecule has 0 radical (unpaired) electrons. The maximum atomic E-state index is 8.59. The Balaban J connectivity index is 3.35. The molecule has 0 amide bonds. The molecule has 7 N–H and O–H groups in total. The van der Waals surface area contributed by atoms with Gasteiger partial charge in [-0.05, 0) is 12.8 Å². The van der Waals surface area contributed by atoms with E-state index in [1.807, 2.05) is 0 Å². The first-order valence-electron chi connectivity index (χ1n) is 3.61. The van der Waals surface area contributed by atoms with Crippen LogP contribution >= 0.6 is 0 Å². The molecule has 0 saturated heterocycles. The van der Waals surface area contributed by atoms with E-state index in [4.69, 9.17) is 31.3 Å². The van der Waals surface area contributed by atoms with Gasteiger partial charge in [0.1, 0.15) is 0 Å². The minimum Gasteiger partial charge on any atom is -0.354 e. The molecular weight excluding hydrogens is 166 g/mol. The van der Waals surface area contributed by atoms with Crippen LogP contribution in [0.5, 0.6) is 0 Å². The average Bonchev–Trinajstić information content (AvgIpc) is 1.76. The first-order valence-corrected chi connectivity index (χ1v) is 3.61. The van der Waals surface area contributed by atoms with Crippen LogP contribution in [0, 0.1) is 0 Å². The van der Waals surface area contributed by atoms with E-state index >= 15 is 0 Å². The van der Waals surface area contributed by atoms with Crippen LogP contribution in [0.1, 0.15) is 25.7 Å². The van der Waals surface area contributed by atoms with Crippen LogP contribution in [-0.2, 0) is 0 Å². The molecule has 0 aromatic rings. The van der Waals surface area contributed by atoms with E-state index in [1.165, 1.54) is 0 Å². The fourth-order valence-electron chi connectivity index (χ4n) is 0.747. The molecule has 0 fully saturated rings. The molecule has 12 heavy (non-hydrogen) atoms. The number of aliphatic hydroxyl groups is 5. The minimum atomic E-state index is -2.68. The normalized spacial score (nSPS) is 13.5. The van der Waals surface area contributed by atoms with E-state index in [-0.39, 0.29) is 25.7 Å². The largest absolute Gasteiger partial charge is 0.354 e. The van der Waals surface area contributed by atoms with Gasteiger partial charge >= 0.3 is 0 Å². The second-order valence-corrected chi connectivity index (χ2v) is 2.86. The topological polar surface area (TPSA) is 127 Å². The molecule has 0 aromatic heterocycles. The molecule has 0 saturated carbocycles. The third-order valence-electron chi connectivity index (χ3n) is 1.31. The number of unbranched alkanes of at least 4 members (excludes halogenated alkanes) is 1. The molecule has 0 atom stereocenters. The van der Waals surface area contributed by atoms with Gasteiger partial charge in [-0.3, -0.25) is 5.73 Å². The van der Waals surface area contributed by atoms with E-state index in [0.717, 1.165) is 0 Å². The smallest absolute Gasteiger partial charge is 0.275 e. The molecular formula is C6H15NO5. The van der Waals surface area contributed by atoms with Crippen molar-refractivity contribution >= 4 is 0 Å². The highest BCUT2D eigenvalue weighted by molar-refractivity contribution is 4.56. The summed E-state index contributed by atoms with van der Waals surface area (Å²) in [7, 11) is 0. The van der Waals surface area contributed by atoms with Crippen molar-refractivity contribution in [2.45, 2.75) is 37.6 Å². The summed E-state index contributed by atoms with van der Waals surface area (Å²) in [6.45, 7) is 0. The molecule has 0 aliphatic rings. The van der Waals surface area contributed by atoms with Crippen LogP contribution in [0.2, 0.25) is 0 Å². The SMILES string of the molecule is NC(O)(O)CCCCC(O)(O)O. The van der Waals surface area contributed by atoms with E-state index in [9.17, 15) is 0 Å². The highest BCUT2D eigenvalue weighted by Gasteiger charge is 2.19. The number of hydrogen-bond acceptors (Lipinski definition) is 6. The third kappa shape index (κ3) is 9.76. The summed E-state index contributed by atoms with van der Waals surface area (Å²) in [4.78, 5) is 0. The Labute approximate surface area is 69.9 Å². The number of rotatable bonds is 5. The van der Waals surface area contributed by atoms with Crippen LogP contribution in [0.15, 0.2) is 0 Å². The van der Waals surface area contributed by atoms with Crippen molar-refractivity contribution in [2.75, 3.05) is 0 Å². The Morgan fingerprint density at radius 2 is 1.25 bits per heavy atom. The van der Waals surface area contributed by atoms with Crippen molar-refractivity contribution in [3.8, 4) is 0 Å². The van der Waals surface area contributed by atoms with E-state index in [2.05, 4.69) is 0 Å². The zero-order valence-corrected chi connectivity index (χ0v) is 6.64. The lowest BCUT2D eigenvalue weighted by molar-refractivity contribution is -0.315. The first-order chi connectivity index (χ1) is 5.21. The Bertz CT molecular complexity index is 109. The second kappa shape index (κ2) is 4.13. The molecule has 0 rings (SSSR count). The predicted octanol–water partition coefficient (Wildman–Crippen LogP) is -2.23. The van der Waals surface area contributed by atoms with Gasteiger partial charge in [0, 0.05) is 12.8 Å². The molecule has 0 heterocycles. The Kier molecular flexibility index (Phi) is 4.04. The average molecular weight is 181 g/mol. The summed E-state index contributed by atoms with van der Waals surface area (Å²) >= 11 is 0. The summed E-state index contributed by atoms with van der Waals surface area (Å²) in [5, 5.41) is 42.4. The summed E-state index contributed by atoms with van der Waals surface area (Å²) < 4.78 is 0. The van der Waals surface area contributed by atoms with Gasteiger partial charge < -0.3 is 25.5 Å². The lowest BCUT2D eigenvalue weighted by atomic mass is 10.1. The van der Waals surface area contributed by atoms with Gasteiger partial charge in [0.15, 0.2) is 0 Å². The fourth-order valence-corrected chi connectivity index (χ4v) is 0.747. The summed E-state index contributed by atoms with van der Waals surface area (Å²) in [6.07, 6.45) is 0.197. The van der Waals surface area contributed by atoms with Crippen molar-refractivity contribution < 1.29 is 25.5 Å². The first kappa shape index (κ1) is 11.8. The standard InChI is InChI=1S/C6H15NO5/c7-5(8,9)3-1-2-4-6(10,11)12/h8-12H,1-4,7H2. The second-order valence-electron chi connectivity index (χ2n) is 2.86. The fraction of sp³-hybridized carbons (Fsp3) is 1.00. The molecule has 6 heteroatoms. The van der Waals surface area contributed by atoms with Crippen LogP contribution < -0.4 is 5.73 Å². The maximum absolute atomic E-state index is 8.59. The highest BCUT2D eigenvalue weighted by Crippen LogP contribution is 2.11. The molecule has 0 aromatic carbocycles. The summed E-state index contributed by atoms with van der Waals surface area (Å²) in [5.41, 5.74) is 4.81. The van der Waals surface area contributed by atoms with Gasteiger partial charge in [0.25, 0.3) is 5.97 Å². The quantitative estimate of drug-likeness (QED) is 0.210. The lowest BCUT2D eigenvalue weighted by Crippen LogP contribution is -2.39. The van der Waals surface area contributed by atoms with Crippen LogP contribution in [0.3, 0.4) is 0 Å². The van der Waals surface area contributed by atoms with Crippen LogP contribution in [-0.4, -0.2) is 37.4 Å². The molecule has 74 valence electrons. The van der Waals surface area contributed by atoms with E-state index < -0.39 is 11.9 Å². The molecule has 0 aliphatic carbocycles. The van der Waals surface area contributed by atoms with Gasteiger partial charge in [0.05, 0.1) is 0 Å². The van der Waals surface area contributed by atoms with Crippen LogP contribution in [0.25, 0.3) is 0 Å². The summed E-state index contributed by atoms with van der Waals surface area (Å²) in [5.74, 6) is -4.90. The van der Waals surface area contributed by atoms with Crippen molar-refractivity contribution in [1.29, 1.82) is 0 Å². The predicted molar refractivity (Wildman–Crippen MR) is 39.2 cm³/mol. The van der Waals surface area contributed by atoms with Crippen molar-refractivity contribution in [1.82, 2.24) is 0 Å². The Morgan fingerprint density at radius 3 is 1.58 bits per heavy atom. The monoisotopic (exact) mass is 181 g/mol. The highest BCUT2D eigenvalue weighted by atomic mass is 16.7. The van der Waals surface area contributed by atoms with Crippen molar-refractivity contribution in [3.63, 3.8) is 0 Å². The Morgan fingerprint density at radius 1 is 0.833 bits per heavy atom. The summed E-state index contributed by atoms with van der Waals surface area (Å²) in [6, 6.07) is 0. The van der Waals surface area contributed by atoms with Gasteiger partial charge in [0.2, 0.25) is 5.91 Å². The number of hydrogen-bond donors (Lipinski definition) is 6. The maximum Gasteiger partial charge on any atom is 0.275 e.